The molecule has 0 aromatic heterocycles. The number of piperidine rings is 1. The van der Waals surface area contributed by atoms with E-state index in [0.717, 1.165) is 12.5 Å². The molecule has 1 N–H and O–H groups in total. The second-order valence-corrected chi connectivity index (χ2v) is 6.87. The van der Waals surface area contributed by atoms with Gasteiger partial charge in [-0.25, -0.2) is 0 Å². The zero-order valence-electron chi connectivity index (χ0n) is 12.0. The fourth-order valence-electron chi connectivity index (χ4n) is 4.33. The minimum absolute atomic E-state index is 0.281. The number of hydrogen-bond acceptors (Lipinski definition) is 2. The summed E-state index contributed by atoms with van der Waals surface area (Å²) < 4.78 is 37.9. The lowest BCUT2D eigenvalue weighted by molar-refractivity contribution is -0.185. The molecule has 0 aromatic carbocycles. The Bertz CT molecular complexity index is 310. The van der Waals surface area contributed by atoms with Crippen molar-refractivity contribution in [3.05, 3.63) is 0 Å². The summed E-state index contributed by atoms with van der Waals surface area (Å²) in [4.78, 5) is 2.23. The minimum atomic E-state index is -3.99. The first-order chi connectivity index (χ1) is 9.52. The van der Waals surface area contributed by atoms with Crippen molar-refractivity contribution in [2.75, 3.05) is 19.6 Å². The van der Waals surface area contributed by atoms with Crippen molar-refractivity contribution in [2.45, 2.75) is 63.2 Å². The second-order valence-electron chi connectivity index (χ2n) is 6.87. The number of fused-ring (bicyclic) bond motifs is 1. The van der Waals surface area contributed by atoms with E-state index in [0.29, 0.717) is 25.2 Å². The zero-order valence-corrected chi connectivity index (χ0v) is 12.0. The van der Waals surface area contributed by atoms with Crippen LogP contribution in [0.25, 0.3) is 0 Å². The second kappa shape index (κ2) is 5.84. The number of halogens is 3. The largest absolute Gasteiger partial charge is 0.391 e. The van der Waals surface area contributed by atoms with E-state index in [1.807, 2.05) is 0 Å². The van der Waals surface area contributed by atoms with Crippen LogP contribution in [0, 0.1) is 11.8 Å². The van der Waals surface area contributed by atoms with Crippen LogP contribution in [0.3, 0.4) is 0 Å². The van der Waals surface area contributed by atoms with E-state index in [4.69, 9.17) is 0 Å². The van der Waals surface area contributed by atoms with Gasteiger partial charge in [0.25, 0.3) is 0 Å². The van der Waals surface area contributed by atoms with Gasteiger partial charge in [-0.05, 0) is 51.1 Å². The molecule has 0 bridgehead atoms. The maximum absolute atomic E-state index is 12.6. The summed E-state index contributed by atoms with van der Waals surface area (Å²) in [5, 5.41) is 3.72. The van der Waals surface area contributed by atoms with Crippen LogP contribution < -0.4 is 5.32 Å². The normalized spacial score (nSPS) is 37.0. The van der Waals surface area contributed by atoms with Gasteiger partial charge >= 0.3 is 6.18 Å². The van der Waals surface area contributed by atoms with E-state index in [-0.39, 0.29) is 12.8 Å². The van der Waals surface area contributed by atoms with Crippen LogP contribution in [0.1, 0.15) is 44.9 Å². The quantitative estimate of drug-likeness (QED) is 0.840. The average molecular weight is 290 g/mol. The summed E-state index contributed by atoms with van der Waals surface area (Å²) >= 11 is 0. The van der Waals surface area contributed by atoms with E-state index in [9.17, 15) is 13.2 Å². The van der Waals surface area contributed by atoms with Gasteiger partial charge in [0.15, 0.2) is 0 Å². The van der Waals surface area contributed by atoms with E-state index in [2.05, 4.69) is 10.2 Å². The molecule has 0 aromatic rings. The first-order valence-corrected chi connectivity index (χ1v) is 8.07. The van der Waals surface area contributed by atoms with Gasteiger partial charge in [-0.2, -0.15) is 13.2 Å². The molecule has 2 saturated heterocycles. The van der Waals surface area contributed by atoms with Gasteiger partial charge in [0.05, 0.1) is 5.92 Å². The van der Waals surface area contributed by atoms with E-state index < -0.39 is 12.1 Å². The Balaban J connectivity index is 1.44. The van der Waals surface area contributed by atoms with E-state index in [1.54, 1.807) is 0 Å². The summed E-state index contributed by atoms with van der Waals surface area (Å²) in [6.45, 7) is 2.16. The molecule has 2 nitrogen and oxygen atoms in total. The van der Waals surface area contributed by atoms with Crippen molar-refractivity contribution >= 4 is 0 Å². The number of nitrogens with one attached hydrogen (secondary N) is 1. The van der Waals surface area contributed by atoms with Crippen molar-refractivity contribution in [2.24, 2.45) is 11.8 Å². The molecule has 20 heavy (non-hydrogen) atoms. The smallest absolute Gasteiger partial charge is 0.310 e. The minimum Gasteiger partial charge on any atom is -0.310 e. The molecule has 0 radical (unpaired) electrons. The highest BCUT2D eigenvalue weighted by Crippen LogP contribution is 2.36. The SMILES string of the molecule is FC(F)(F)C1CCN(CC2CC3CCCCC3N2)CC1. The van der Waals surface area contributed by atoms with Crippen LogP contribution in [0.5, 0.6) is 0 Å². The van der Waals surface area contributed by atoms with Crippen molar-refractivity contribution in [1.29, 1.82) is 0 Å². The van der Waals surface area contributed by atoms with Gasteiger partial charge in [-0.15, -0.1) is 0 Å². The lowest BCUT2D eigenvalue weighted by Gasteiger charge is -2.34. The summed E-state index contributed by atoms with van der Waals surface area (Å²) in [6, 6.07) is 1.19. The van der Waals surface area contributed by atoms with Crippen LogP contribution >= 0.6 is 0 Å². The number of alkyl halides is 3. The highest BCUT2D eigenvalue weighted by Gasteiger charge is 2.42. The van der Waals surface area contributed by atoms with Gasteiger partial charge in [0, 0.05) is 18.6 Å². The Hall–Kier alpha value is -0.290. The number of likely N-dealkylation sites (tertiary alicyclic amines) is 1. The summed E-state index contributed by atoms with van der Waals surface area (Å²) in [7, 11) is 0. The molecule has 2 heterocycles. The van der Waals surface area contributed by atoms with Crippen molar-refractivity contribution < 1.29 is 13.2 Å². The Morgan fingerprint density at radius 2 is 1.70 bits per heavy atom. The molecule has 1 saturated carbocycles. The number of nitrogens with zero attached hydrogens (tertiary/aromatic N) is 1. The number of rotatable bonds is 2. The third-order valence-corrected chi connectivity index (χ3v) is 5.48. The Morgan fingerprint density at radius 3 is 2.35 bits per heavy atom. The van der Waals surface area contributed by atoms with Gasteiger partial charge < -0.3 is 10.2 Å². The zero-order chi connectivity index (χ0) is 14.2. The summed E-state index contributed by atoms with van der Waals surface area (Å²) in [6.07, 6.45) is 3.11. The van der Waals surface area contributed by atoms with Crippen LogP contribution in [0.15, 0.2) is 0 Å². The van der Waals surface area contributed by atoms with Gasteiger partial charge in [-0.1, -0.05) is 12.8 Å². The van der Waals surface area contributed by atoms with Crippen LogP contribution in [0.4, 0.5) is 13.2 Å². The highest BCUT2D eigenvalue weighted by atomic mass is 19.4. The third-order valence-electron chi connectivity index (χ3n) is 5.48. The molecule has 3 atom stereocenters. The summed E-state index contributed by atoms with van der Waals surface area (Å²) in [5.41, 5.74) is 0. The Kier molecular flexibility index (Phi) is 4.27. The van der Waals surface area contributed by atoms with Crippen LogP contribution in [-0.2, 0) is 0 Å². The maximum atomic E-state index is 12.6. The molecular weight excluding hydrogens is 265 g/mol. The molecule has 3 fully saturated rings. The highest BCUT2D eigenvalue weighted by molar-refractivity contribution is 4.94. The fraction of sp³-hybridized carbons (Fsp3) is 1.00. The Morgan fingerprint density at radius 1 is 1.00 bits per heavy atom. The molecule has 3 aliphatic rings. The van der Waals surface area contributed by atoms with Crippen LogP contribution in [0.2, 0.25) is 0 Å². The lowest BCUT2D eigenvalue weighted by Crippen LogP contribution is -2.45. The van der Waals surface area contributed by atoms with Crippen molar-refractivity contribution in [3.63, 3.8) is 0 Å². The maximum Gasteiger partial charge on any atom is 0.391 e. The molecule has 0 spiro atoms. The molecular formula is C15H25F3N2. The van der Waals surface area contributed by atoms with Crippen LogP contribution in [-0.4, -0.2) is 42.8 Å². The van der Waals surface area contributed by atoms with Gasteiger partial charge in [0.1, 0.15) is 0 Å². The predicted octanol–water partition coefficient (Wildman–Crippen LogP) is 3.18. The molecule has 1 aliphatic carbocycles. The summed E-state index contributed by atoms with van der Waals surface area (Å²) in [5.74, 6) is -0.251. The van der Waals surface area contributed by atoms with E-state index in [1.165, 1.54) is 32.1 Å². The lowest BCUT2D eigenvalue weighted by atomic mass is 9.85. The first-order valence-electron chi connectivity index (χ1n) is 8.07. The molecule has 5 heteroatoms. The van der Waals surface area contributed by atoms with E-state index >= 15 is 0 Å². The standard InChI is InChI=1S/C15H25F3N2/c16-15(17,18)12-5-7-20(8-6-12)10-13-9-11-3-1-2-4-14(11)19-13/h11-14,19H,1-10H2. The average Bonchev–Trinajstić information content (AvgIpc) is 2.80. The molecule has 116 valence electrons. The predicted molar refractivity (Wildman–Crippen MR) is 72.5 cm³/mol. The Labute approximate surface area is 119 Å². The number of hydrogen-bond donors (Lipinski definition) is 1. The molecule has 3 unspecified atom stereocenters. The monoisotopic (exact) mass is 290 g/mol. The molecule has 0 amide bonds. The molecule has 2 aliphatic heterocycles. The topological polar surface area (TPSA) is 15.3 Å². The van der Waals surface area contributed by atoms with Crippen molar-refractivity contribution in [1.82, 2.24) is 10.2 Å². The third kappa shape index (κ3) is 3.30. The van der Waals surface area contributed by atoms with Crippen molar-refractivity contribution in [3.8, 4) is 0 Å². The van der Waals surface area contributed by atoms with Gasteiger partial charge in [-0.3, -0.25) is 0 Å². The fourth-order valence-corrected chi connectivity index (χ4v) is 4.33. The van der Waals surface area contributed by atoms with Gasteiger partial charge in [0.2, 0.25) is 0 Å². The first kappa shape index (κ1) is 14.6. The molecule has 3 rings (SSSR count).